The number of para-hydroxylation sites is 1. The fourth-order valence-electron chi connectivity index (χ4n) is 4.83. The van der Waals surface area contributed by atoms with Crippen LogP contribution in [0.1, 0.15) is 63.3 Å². The van der Waals surface area contributed by atoms with Crippen LogP contribution in [-0.2, 0) is 30.9 Å². The number of carbonyl (C=O) groups is 3. The standard InChI is InChI=1S/C30H38N2O7/c1-18-14-24(34)25(19(2)26(18)35)30(6,7)12-13-38-27(36)22(31-17-33)15-20-16-32(28(37)39-29(3,4)5)23-11-9-8-10-21(20)23/h8-11,14,16-17,22,34-35H,12-13,15H2,1-7H3,(H,31,33)/t22-/m0/s1. The van der Waals surface area contributed by atoms with Crippen LogP contribution in [0.3, 0.4) is 0 Å². The second-order valence-corrected chi connectivity index (χ2v) is 11.4. The van der Waals surface area contributed by atoms with Crippen molar-refractivity contribution < 1.29 is 34.1 Å². The van der Waals surface area contributed by atoms with Crippen molar-refractivity contribution in [3.05, 3.63) is 58.8 Å². The topological polar surface area (TPSA) is 127 Å². The summed E-state index contributed by atoms with van der Waals surface area (Å²) in [5.74, 6) is -0.436. The number of esters is 1. The molecule has 1 amide bonds. The summed E-state index contributed by atoms with van der Waals surface area (Å²) in [7, 11) is 0. The number of carbonyl (C=O) groups excluding carboxylic acids is 3. The van der Waals surface area contributed by atoms with Crippen LogP contribution >= 0.6 is 0 Å². The molecule has 2 aromatic carbocycles. The molecule has 0 fully saturated rings. The van der Waals surface area contributed by atoms with Crippen molar-refractivity contribution in [2.75, 3.05) is 6.61 Å². The Hall–Kier alpha value is -4.01. The molecule has 0 saturated carbocycles. The van der Waals surface area contributed by atoms with Gasteiger partial charge in [0.15, 0.2) is 0 Å². The van der Waals surface area contributed by atoms with Gasteiger partial charge in [-0.15, -0.1) is 0 Å². The van der Waals surface area contributed by atoms with Crippen molar-refractivity contribution in [2.45, 2.75) is 78.4 Å². The third-order valence-electron chi connectivity index (χ3n) is 6.72. The first-order chi connectivity index (χ1) is 18.2. The maximum Gasteiger partial charge on any atom is 0.419 e. The van der Waals surface area contributed by atoms with Crippen molar-refractivity contribution in [1.82, 2.24) is 9.88 Å². The van der Waals surface area contributed by atoms with E-state index < -0.39 is 29.1 Å². The van der Waals surface area contributed by atoms with E-state index in [9.17, 15) is 24.6 Å². The van der Waals surface area contributed by atoms with Crippen molar-refractivity contribution >= 4 is 29.4 Å². The highest BCUT2D eigenvalue weighted by Crippen LogP contribution is 2.41. The molecule has 0 aliphatic rings. The molecule has 0 spiro atoms. The summed E-state index contributed by atoms with van der Waals surface area (Å²) in [5.41, 5.74) is 1.72. The second-order valence-electron chi connectivity index (χ2n) is 11.4. The van der Waals surface area contributed by atoms with E-state index >= 15 is 0 Å². The third kappa shape index (κ3) is 6.71. The fraction of sp³-hybridized carbons (Fsp3) is 0.433. The number of aromatic hydroxyl groups is 2. The number of fused-ring (bicyclic) bond motifs is 1. The van der Waals surface area contributed by atoms with E-state index in [0.29, 0.717) is 40.6 Å². The van der Waals surface area contributed by atoms with Crippen LogP contribution in [0, 0.1) is 13.8 Å². The predicted octanol–water partition coefficient (Wildman–Crippen LogP) is 5.02. The fourth-order valence-corrected chi connectivity index (χ4v) is 4.83. The minimum atomic E-state index is -0.984. The van der Waals surface area contributed by atoms with E-state index in [1.54, 1.807) is 52.9 Å². The lowest BCUT2D eigenvalue weighted by Gasteiger charge is -2.29. The summed E-state index contributed by atoms with van der Waals surface area (Å²) in [5, 5.41) is 24.2. The van der Waals surface area contributed by atoms with Crippen LogP contribution in [0.15, 0.2) is 36.5 Å². The number of phenols is 2. The number of aromatic nitrogens is 1. The monoisotopic (exact) mass is 538 g/mol. The Balaban J connectivity index is 1.77. The highest BCUT2D eigenvalue weighted by atomic mass is 16.6. The van der Waals surface area contributed by atoms with Gasteiger partial charge in [0.05, 0.1) is 12.1 Å². The summed E-state index contributed by atoms with van der Waals surface area (Å²) >= 11 is 0. The molecule has 0 aliphatic heterocycles. The summed E-state index contributed by atoms with van der Waals surface area (Å²) < 4.78 is 12.5. The van der Waals surface area contributed by atoms with Gasteiger partial charge in [-0.05, 0) is 75.3 Å². The molecule has 0 saturated heterocycles. The first kappa shape index (κ1) is 29.5. The number of aryl methyl sites for hydroxylation is 1. The Morgan fingerprint density at radius 1 is 1.10 bits per heavy atom. The molecule has 3 rings (SSSR count). The molecule has 0 unspecified atom stereocenters. The highest BCUT2D eigenvalue weighted by molar-refractivity contribution is 5.92. The minimum absolute atomic E-state index is 0.0239. The SMILES string of the molecule is Cc1cc(O)c(C(C)(C)CCOC(=O)[C@H](Cc2cn(C(=O)OC(C)(C)C)c3ccccc23)NC=O)c(C)c1O. The number of rotatable bonds is 9. The molecule has 1 atom stereocenters. The zero-order valence-electron chi connectivity index (χ0n) is 23.6. The molecule has 210 valence electrons. The van der Waals surface area contributed by atoms with Gasteiger partial charge in [0.2, 0.25) is 6.41 Å². The van der Waals surface area contributed by atoms with Gasteiger partial charge in [0, 0.05) is 23.6 Å². The number of hydrogen-bond donors (Lipinski definition) is 3. The minimum Gasteiger partial charge on any atom is -0.508 e. The van der Waals surface area contributed by atoms with E-state index in [2.05, 4.69) is 5.32 Å². The smallest absolute Gasteiger partial charge is 0.419 e. The average Bonchev–Trinajstić information content (AvgIpc) is 3.19. The second kappa shape index (κ2) is 11.4. The molecule has 0 radical (unpaired) electrons. The molecule has 9 heteroatoms. The van der Waals surface area contributed by atoms with Crippen molar-refractivity contribution in [2.24, 2.45) is 0 Å². The Morgan fingerprint density at radius 2 is 1.77 bits per heavy atom. The van der Waals surface area contributed by atoms with Crippen LogP contribution in [0.25, 0.3) is 10.9 Å². The zero-order valence-corrected chi connectivity index (χ0v) is 23.6. The largest absolute Gasteiger partial charge is 0.508 e. The summed E-state index contributed by atoms with van der Waals surface area (Å²) in [6.45, 7) is 12.6. The van der Waals surface area contributed by atoms with E-state index in [1.165, 1.54) is 10.6 Å². The van der Waals surface area contributed by atoms with Gasteiger partial charge in [-0.3, -0.25) is 9.36 Å². The molecule has 0 bridgehead atoms. The quantitative estimate of drug-likeness (QED) is 0.198. The predicted molar refractivity (Wildman–Crippen MR) is 148 cm³/mol. The normalized spacial score (nSPS) is 12.7. The molecule has 0 aliphatic carbocycles. The molecule has 3 N–H and O–H groups in total. The molecule has 1 aromatic heterocycles. The van der Waals surface area contributed by atoms with Gasteiger partial charge in [-0.2, -0.15) is 0 Å². The molecular formula is C30H38N2O7. The van der Waals surface area contributed by atoms with Crippen molar-refractivity contribution in [3.8, 4) is 11.5 Å². The number of benzene rings is 2. The maximum absolute atomic E-state index is 13.0. The van der Waals surface area contributed by atoms with E-state index in [4.69, 9.17) is 9.47 Å². The van der Waals surface area contributed by atoms with E-state index in [1.807, 2.05) is 26.0 Å². The van der Waals surface area contributed by atoms with Crippen LogP contribution in [0.4, 0.5) is 4.79 Å². The summed E-state index contributed by atoms with van der Waals surface area (Å²) in [4.78, 5) is 37.2. The Kier molecular flexibility index (Phi) is 8.63. The zero-order chi connectivity index (χ0) is 29.1. The maximum atomic E-state index is 13.0. The van der Waals surface area contributed by atoms with Crippen molar-refractivity contribution in [1.29, 1.82) is 0 Å². The highest BCUT2D eigenvalue weighted by Gasteiger charge is 2.30. The molecule has 9 nitrogen and oxygen atoms in total. The van der Waals surface area contributed by atoms with Crippen LogP contribution in [0.2, 0.25) is 0 Å². The van der Waals surface area contributed by atoms with Crippen molar-refractivity contribution in [3.63, 3.8) is 0 Å². The number of nitrogens with zero attached hydrogens (tertiary/aromatic N) is 1. The third-order valence-corrected chi connectivity index (χ3v) is 6.72. The Labute approximate surface area is 228 Å². The summed E-state index contributed by atoms with van der Waals surface area (Å²) in [6, 6.07) is 7.78. The van der Waals surface area contributed by atoms with E-state index in [0.717, 1.165) is 5.39 Å². The Bertz CT molecular complexity index is 1380. The number of hydrogen-bond acceptors (Lipinski definition) is 7. The van der Waals surface area contributed by atoms with E-state index in [-0.39, 0.29) is 24.5 Å². The molecular weight excluding hydrogens is 500 g/mol. The van der Waals surface area contributed by atoms with Gasteiger partial charge in [-0.25, -0.2) is 9.59 Å². The van der Waals surface area contributed by atoms with Crippen LogP contribution in [0.5, 0.6) is 11.5 Å². The van der Waals surface area contributed by atoms with Gasteiger partial charge in [0.25, 0.3) is 0 Å². The number of ether oxygens (including phenoxy) is 2. The average molecular weight is 539 g/mol. The number of amides is 1. The van der Waals surface area contributed by atoms with Crippen LogP contribution in [-0.4, -0.2) is 51.5 Å². The Morgan fingerprint density at radius 3 is 2.41 bits per heavy atom. The lowest BCUT2D eigenvalue weighted by atomic mass is 9.78. The van der Waals surface area contributed by atoms with Gasteiger partial charge in [-0.1, -0.05) is 32.0 Å². The summed E-state index contributed by atoms with van der Waals surface area (Å²) in [6.07, 6.45) is 1.98. The van der Waals surface area contributed by atoms with Gasteiger partial charge >= 0.3 is 12.1 Å². The van der Waals surface area contributed by atoms with Gasteiger partial charge in [0.1, 0.15) is 23.1 Å². The first-order valence-corrected chi connectivity index (χ1v) is 12.9. The first-order valence-electron chi connectivity index (χ1n) is 12.9. The number of nitrogens with one attached hydrogen (secondary N) is 1. The molecule has 1 heterocycles. The van der Waals surface area contributed by atoms with Gasteiger partial charge < -0.3 is 25.0 Å². The lowest BCUT2D eigenvalue weighted by Crippen LogP contribution is -2.39. The molecule has 3 aromatic rings. The van der Waals surface area contributed by atoms with Crippen LogP contribution < -0.4 is 5.32 Å². The molecule has 39 heavy (non-hydrogen) atoms. The lowest BCUT2D eigenvalue weighted by molar-refractivity contribution is -0.147. The number of phenolic OH excluding ortho intramolecular Hbond substituents is 2.